The van der Waals surface area contributed by atoms with Crippen molar-refractivity contribution in [3.63, 3.8) is 0 Å². The van der Waals surface area contributed by atoms with Gasteiger partial charge in [-0.05, 0) is 13.6 Å². The molecule has 0 amide bonds. The van der Waals surface area contributed by atoms with Crippen LogP contribution in [0.5, 0.6) is 0 Å². The van der Waals surface area contributed by atoms with E-state index in [1.165, 1.54) is 0 Å². The van der Waals surface area contributed by atoms with Crippen LogP contribution in [0.2, 0.25) is 0 Å². The Morgan fingerprint density at radius 2 is 2.11 bits per heavy atom. The van der Waals surface area contributed by atoms with Gasteiger partial charge in [-0.2, -0.15) is 0 Å². The molecule has 0 aromatic rings. The van der Waals surface area contributed by atoms with Gasteiger partial charge >= 0.3 is 0 Å². The second-order valence-corrected chi connectivity index (χ2v) is 1.79. The smallest absolute Gasteiger partial charge is 0 e. The van der Waals surface area contributed by atoms with Crippen LogP contribution in [0.3, 0.4) is 0 Å². The van der Waals surface area contributed by atoms with Gasteiger partial charge in [-0.25, -0.2) is 0 Å². The molecule has 9 heavy (non-hydrogen) atoms. The molecule has 0 aliphatic carbocycles. The van der Waals surface area contributed by atoms with Crippen molar-refractivity contribution in [1.29, 1.82) is 0 Å². The number of piperazine rings is 1. The van der Waals surface area contributed by atoms with E-state index in [0.29, 0.717) is 0 Å². The van der Waals surface area contributed by atoms with E-state index >= 15 is 0 Å². The quantitative estimate of drug-likeness (QED) is 0.356. The minimum absolute atomic E-state index is 0. The van der Waals surface area contributed by atoms with Crippen molar-refractivity contribution in [2.24, 2.45) is 0 Å². The summed E-state index contributed by atoms with van der Waals surface area (Å²) in [6, 6.07) is 0. The molecule has 1 saturated heterocycles. The molecule has 1 aliphatic rings. The molecule has 4 heteroatoms. The van der Waals surface area contributed by atoms with Gasteiger partial charge in [-0.1, -0.05) is 0 Å². The second-order valence-electron chi connectivity index (χ2n) is 1.79. The van der Waals surface area contributed by atoms with Crippen LogP contribution in [0.4, 0.5) is 0 Å². The Hall–Kier alpha value is -2.08. The number of hydrogen-bond acceptors (Lipinski definition) is 1. The maximum Gasteiger partial charge on any atom is 0 e. The van der Waals surface area contributed by atoms with E-state index in [0.717, 1.165) is 19.6 Å². The summed E-state index contributed by atoms with van der Waals surface area (Å²) in [5, 5.41) is 4.13. The maximum atomic E-state index is 4.13. The Morgan fingerprint density at radius 3 is 2.33 bits per heavy atom. The zero-order chi connectivity index (χ0) is 5.11. The number of nitrogens with zero attached hydrogens (tertiary/aromatic N) is 2. The van der Waals surface area contributed by atoms with Crippen molar-refractivity contribution in [2.75, 3.05) is 26.7 Å². The first-order valence-electron chi connectivity index (χ1n) is 2.56. The molecule has 0 aromatic carbocycles. The molecule has 0 bridgehead atoms. The first kappa shape index (κ1) is 10.0. The van der Waals surface area contributed by atoms with E-state index in [1.807, 2.05) is 0 Å². The first-order valence-corrected chi connectivity index (χ1v) is 2.56. The fraction of sp³-hybridized carbons (Fsp3) is 0.800. The van der Waals surface area contributed by atoms with Crippen LogP contribution in [0, 0.1) is 6.54 Å². The molecule has 1 heterocycles. The summed E-state index contributed by atoms with van der Waals surface area (Å²) in [5.74, 6) is 0. The van der Waals surface area contributed by atoms with Gasteiger partial charge in [0.1, 0.15) is 0 Å². The number of rotatable bonds is 0. The summed E-state index contributed by atoms with van der Waals surface area (Å²) < 4.78 is 0. The average Bonchev–Trinajstić information content (AvgIpc) is 1.69. The van der Waals surface area contributed by atoms with Crippen molar-refractivity contribution >= 4 is 0 Å². The topological polar surface area (TPSA) is 17.3 Å². The molecule has 46 valence electrons. The van der Waals surface area contributed by atoms with Crippen LogP contribution < -0.4 is 0 Å². The predicted molar refractivity (Wildman–Crippen MR) is 30.0 cm³/mol. The zero-order valence-corrected chi connectivity index (χ0v) is 18.8. The summed E-state index contributed by atoms with van der Waals surface area (Å²) >= 11 is 0. The number of hydrogen-bond donors (Lipinski definition) is 0. The van der Waals surface area contributed by atoms with E-state index in [4.69, 9.17) is 0 Å². The average molecular weight is 632 g/mol. The van der Waals surface area contributed by atoms with Crippen molar-refractivity contribution < 1.29 is 0 Å². The van der Waals surface area contributed by atoms with Gasteiger partial charge in [-0.15, -0.1) is 6.54 Å². The minimum Gasteiger partial charge on any atom is -0.686 e. The third kappa shape index (κ3) is 2.60. The molecule has 0 saturated carbocycles. The van der Waals surface area contributed by atoms with Crippen LogP contribution >= 0.6 is 0 Å². The van der Waals surface area contributed by atoms with Gasteiger partial charge in [0, 0.05) is 0 Å². The fourth-order valence-electron chi connectivity index (χ4n) is 0.608. The monoisotopic (exact) mass is 632 g/mol. The molecule has 0 aromatic heterocycles. The predicted octanol–water partition coefficient (Wildman–Crippen LogP) is 0.467. The third-order valence-corrected chi connectivity index (χ3v) is 1.13. The normalized spacial score (nSPS) is 19.7. The van der Waals surface area contributed by atoms with Crippen LogP contribution in [0.1, 0.15) is 0 Å². The molecule has 0 radical (unpaired) electrons. The van der Waals surface area contributed by atoms with Crippen molar-refractivity contribution in [1.82, 2.24) is 4.90 Å². The van der Waals surface area contributed by atoms with Crippen LogP contribution in [-0.2, 0) is 0 Å². The Labute approximate surface area is 44.5 Å². The summed E-state index contributed by atoms with van der Waals surface area (Å²) in [5.41, 5.74) is 0. The summed E-state index contributed by atoms with van der Waals surface area (Å²) in [6.45, 7) is 5.12. The van der Waals surface area contributed by atoms with Crippen molar-refractivity contribution in [3.05, 3.63) is 11.9 Å². The molecular formula is C5H10N2Rf2-2. The molecular weight excluding hydrogens is 622 g/mol. The molecule has 2 nitrogen and oxygen atoms in total. The van der Waals surface area contributed by atoms with E-state index < -0.39 is 0 Å². The first-order chi connectivity index (χ1) is 3.39. The fourth-order valence-corrected chi connectivity index (χ4v) is 0.608. The molecule has 0 unspecified atom stereocenters. The maximum absolute atomic E-state index is 4.13. The van der Waals surface area contributed by atoms with E-state index in [9.17, 15) is 0 Å². The van der Waals surface area contributed by atoms with E-state index in [2.05, 4.69) is 23.8 Å². The molecule has 0 spiro atoms. The Bertz CT molecular complexity index is 54.9. The Morgan fingerprint density at radius 1 is 1.44 bits per heavy atom. The van der Waals surface area contributed by atoms with Crippen molar-refractivity contribution in [3.8, 4) is 0 Å². The SMILES string of the molecule is CN1[CH-]C[N-]CC1.[Rf].[Rf]. The third-order valence-electron chi connectivity index (χ3n) is 1.13. The number of likely N-dealkylation sites (N-methyl/N-ethyl adjacent to an activating group) is 1. The Kier molecular flexibility index (Phi) is 4.55. The summed E-state index contributed by atoms with van der Waals surface area (Å²) in [6.07, 6.45) is 0. The van der Waals surface area contributed by atoms with Crippen LogP contribution in [0.15, 0.2) is 0 Å². The Balaban J connectivity index is 0. The second kappa shape index (κ2) is 4.09. The van der Waals surface area contributed by atoms with Gasteiger partial charge in [0.25, 0.3) is 0 Å². The minimum atomic E-state index is 0. The van der Waals surface area contributed by atoms with Gasteiger partial charge < -0.3 is 10.2 Å². The standard InChI is InChI=1S/C5H10N2.2Rf/c1-7-4-2-6-3-5-7;;/h4H,2-3,5H2,1H3;;/q-2;;. The van der Waals surface area contributed by atoms with Crippen LogP contribution in [-0.4, -0.2) is 31.6 Å². The van der Waals surface area contributed by atoms with Crippen molar-refractivity contribution in [2.45, 2.75) is 0 Å². The molecule has 1 rings (SSSR count). The van der Waals surface area contributed by atoms with Gasteiger partial charge in [0.15, 0.2) is 0 Å². The summed E-state index contributed by atoms with van der Waals surface area (Å²) in [4.78, 5) is 2.17. The van der Waals surface area contributed by atoms with E-state index in [1.54, 1.807) is 0 Å². The van der Waals surface area contributed by atoms with Gasteiger partial charge in [0.05, 0.1) is 0 Å². The summed E-state index contributed by atoms with van der Waals surface area (Å²) in [7, 11) is 2.08. The van der Waals surface area contributed by atoms with Gasteiger partial charge in [-0.3, -0.25) is 13.1 Å². The molecule has 1 fully saturated rings. The molecule has 0 atom stereocenters. The molecule has 0 N–H and O–H groups in total. The molecule has 1 aliphatic heterocycles. The zero-order valence-electron chi connectivity index (χ0n) is 6.01. The van der Waals surface area contributed by atoms with Gasteiger partial charge in [0.2, 0.25) is 0 Å². The largest absolute Gasteiger partial charge is 0.686 e. The van der Waals surface area contributed by atoms with Crippen LogP contribution in [0.25, 0.3) is 5.32 Å². The van der Waals surface area contributed by atoms with E-state index in [-0.39, 0.29) is 0 Å².